The fraction of sp³-hybridized carbons (Fsp3) is 0.476. The van der Waals surface area contributed by atoms with Crippen LogP contribution in [-0.4, -0.2) is 24.8 Å². The van der Waals surface area contributed by atoms with Crippen LogP contribution in [0.3, 0.4) is 0 Å². The van der Waals surface area contributed by atoms with Gasteiger partial charge in [-0.3, -0.25) is 0 Å². The molecule has 1 N–H and O–H groups in total. The van der Waals surface area contributed by atoms with Crippen LogP contribution in [0.5, 0.6) is 0 Å². The highest BCUT2D eigenvalue weighted by Gasteiger charge is 2.37. The zero-order valence-electron chi connectivity index (χ0n) is 17.0. The van der Waals surface area contributed by atoms with E-state index in [-0.39, 0.29) is 5.04 Å². The molecule has 2 heterocycles. The van der Waals surface area contributed by atoms with Crippen LogP contribution in [0, 0.1) is 11.3 Å². The molecule has 0 spiro atoms. The molecule has 3 rings (SSSR count). The minimum absolute atomic E-state index is 0.250. The van der Waals surface area contributed by atoms with Crippen LogP contribution in [0.4, 0.5) is 5.69 Å². The van der Waals surface area contributed by atoms with Crippen molar-refractivity contribution < 1.29 is 4.43 Å². The third-order valence-electron chi connectivity index (χ3n) is 5.20. The van der Waals surface area contributed by atoms with E-state index in [2.05, 4.69) is 55.2 Å². The van der Waals surface area contributed by atoms with E-state index in [4.69, 9.17) is 9.69 Å². The van der Waals surface area contributed by atoms with E-state index in [1.807, 2.05) is 24.3 Å². The monoisotopic (exact) mass is 382 g/mol. The number of rotatable bonds is 3. The summed E-state index contributed by atoms with van der Waals surface area (Å²) in [5.74, 6) is 0. The van der Waals surface area contributed by atoms with Gasteiger partial charge in [-0.05, 0) is 60.8 Å². The van der Waals surface area contributed by atoms with Crippen molar-refractivity contribution in [2.24, 2.45) is 0 Å². The van der Waals surface area contributed by atoms with E-state index in [1.54, 1.807) is 12.5 Å². The van der Waals surface area contributed by atoms with E-state index in [9.17, 15) is 0 Å². The van der Waals surface area contributed by atoms with Gasteiger partial charge in [-0.15, -0.1) is 0 Å². The number of hydrogen-bond acceptors (Lipinski definition) is 5. The summed E-state index contributed by atoms with van der Waals surface area (Å²) < 4.78 is 6.03. The summed E-state index contributed by atoms with van der Waals surface area (Å²) in [4.78, 5) is 8.03. The van der Waals surface area contributed by atoms with Crippen molar-refractivity contribution >= 4 is 14.0 Å². The Bertz CT molecular complexity index is 779. The van der Waals surface area contributed by atoms with Crippen molar-refractivity contribution in [1.29, 1.82) is 5.26 Å². The number of aromatic nitrogens is 2. The molecule has 0 fully saturated rings. The Hall–Kier alpha value is -2.23. The average molecular weight is 383 g/mol. The third kappa shape index (κ3) is 6.16. The van der Waals surface area contributed by atoms with Gasteiger partial charge in [0.2, 0.25) is 0 Å². The second-order valence-corrected chi connectivity index (χ2v) is 13.1. The van der Waals surface area contributed by atoms with E-state index < -0.39 is 8.32 Å². The van der Waals surface area contributed by atoms with Crippen molar-refractivity contribution in [2.45, 2.75) is 58.4 Å². The van der Waals surface area contributed by atoms with Gasteiger partial charge in [0, 0.05) is 18.4 Å². The van der Waals surface area contributed by atoms with Crippen LogP contribution in [0.1, 0.15) is 44.0 Å². The minimum Gasteiger partial charge on any atom is -0.411 e. The fourth-order valence-corrected chi connectivity index (χ4v) is 3.36. The zero-order valence-corrected chi connectivity index (χ0v) is 18.0. The van der Waals surface area contributed by atoms with E-state index in [0.717, 1.165) is 24.2 Å². The molecule has 0 bridgehead atoms. The van der Waals surface area contributed by atoms with E-state index >= 15 is 0 Å². The summed E-state index contributed by atoms with van der Waals surface area (Å²) in [5.41, 5.74) is 4.19. The molecule has 0 aliphatic carbocycles. The number of aryl methyl sites for hydroxylation is 1. The number of fused-ring (bicyclic) bond motifs is 1. The van der Waals surface area contributed by atoms with Crippen LogP contribution in [0.2, 0.25) is 18.1 Å². The van der Waals surface area contributed by atoms with Gasteiger partial charge in [0.25, 0.3) is 0 Å². The number of benzene rings is 1. The quantitative estimate of drug-likeness (QED) is 0.763. The van der Waals surface area contributed by atoms with Crippen LogP contribution < -0.4 is 5.32 Å². The summed E-state index contributed by atoms with van der Waals surface area (Å²) in [5, 5.41) is 12.2. The zero-order chi connectivity index (χ0) is 19.9. The molecule has 0 saturated heterocycles. The summed E-state index contributed by atoms with van der Waals surface area (Å²) in [6, 6.07) is 9.87. The Morgan fingerprint density at radius 1 is 1.26 bits per heavy atom. The average Bonchev–Trinajstić information content (AvgIpc) is 2.66. The van der Waals surface area contributed by atoms with Crippen molar-refractivity contribution in [3.63, 3.8) is 0 Å². The van der Waals surface area contributed by atoms with Gasteiger partial charge < -0.3 is 9.74 Å². The summed E-state index contributed by atoms with van der Waals surface area (Å²) in [6.45, 7) is 12.8. The van der Waals surface area contributed by atoms with Crippen molar-refractivity contribution in [1.82, 2.24) is 9.97 Å². The molecule has 27 heavy (non-hydrogen) atoms. The highest BCUT2D eigenvalue weighted by molar-refractivity contribution is 6.74. The molecular formula is C21H30N4OSi. The molecule has 0 amide bonds. The van der Waals surface area contributed by atoms with Crippen LogP contribution in [-0.2, 0) is 17.5 Å². The Labute approximate surface area is 164 Å². The van der Waals surface area contributed by atoms with Crippen LogP contribution >= 0.6 is 0 Å². The first-order chi connectivity index (χ1) is 12.7. The number of nitrogens with zero attached hydrogens (tertiary/aromatic N) is 3. The first-order valence-electron chi connectivity index (χ1n) is 9.39. The first-order valence-corrected chi connectivity index (χ1v) is 12.3. The number of nitriles is 1. The Kier molecular flexibility index (Phi) is 7.11. The molecule has 1 aromatic heterocycles. The Balaban J connectivity index is 0.000000198. The van der Waals surface area contributed by atoms with Gasteiger partial charge in [0.15, 0.2) is 8.32 Å². The predicted octanol–water partition coefficient (Wildman–Crippen LogP) is 4.91. The molecule has 0 radical (unpaired) electrons. The lowest BCUT2D eigenvalue weighted by atomic mass is 10.0. The second-order valence-electron chi connectivity index (χ2n) is 8.26. The van der Waals surface area contributed by atoms with Gasteiger partial charge >= 0.3 is 0 Å². The first kappa shape index (κ1) is 21.1. The lowest BCUT2D eigenvalue weighted by molar-refractivity contribution is 0.272. The largest absolute Gasteiger partial charge is 0.411 e. The fourth-order valence-electron chi connectivity index (χ4n) is 2.42. The second kappa shape index (κ2) is 9.11. The highest BCUT2D eigenvalue weighted by atomic mass is 28.4. The molecule has 0 saturated carbocycles. The summed E-state index contributed by atoms with van der Waals surface area (Å²) in [7, 11) is -1.65. The lowest BCUT2D eigenvalue weighted by Gasteiger charge is -2.35. The Morgan fingerprint density at radius 3 is 2.67 bits per heavy atom. The standard InChI is InChI=1S/C11H20N2OSi.C10H10N2/c1-11(2,3)15(4,5)14-8-10-6-7-12-9-13-10;11-7-8-3-4-10-9(6-8)2-1-5-12-10/h6-7,9H,8H2,1-5H3;3-4,6,12H,1-2,5H2. The number of nitrogens with one attached hydrogen (secondary N) is 1. The van der Waals surface area contributed by atoms with E-state index in [0.29, 0.717) is 6.61 Å². The van der Waals surface area contributed by atoms with Crippen LogP contribution in [0.15, 0.2) is 36.8 Å². The number of hydrogen-bond donors (Lipinski definition) is 1. The predicted molar refractivity (Wildman–Crippen MR) is 112 cm³/mol. The van der Waals surface area contributed by atoms with Gasteiger partial charge in [-0.2, -0.15) is 5.26 Å². The summed E-state index contributed by atoms with van der Waals surface area (Å²) >= 11 is 0. The van der Waals surface area contributed by atoms with Gasteiger partial charge in [-0.25, -0.2) is 9.97 Å². The summed E-state index contributed by atoms with van der Waals surface area (Å²) in [6.07, 6.45) is 5.57. The topological polar surface area (TPSA) is 70.8 Å². The maximum Gasteiger partial charge on any atom is 0.192 e. The molecule has 1 aliphatic rings. The van der Waals surface area contributed by atoms with Crippen molar-refractivity contribution in [2.75, 3.05) is 11.9 Å². The molecule has 0 atom stereocenters. The molecule has 6 heteroatoms. The third-order valence-corrected chi connectivity index (χ3v) is 9.68. The molecule has 144 valence electrons. The van der Waals surface area contributed by atoms with E-state index in [1.165, 1.54) is 17.7 Å². The molecule has 1 aliphatic heterocycles. The number of anilines is 1. The molecule has 5 nitrogen and oxygen atoms in total. The highest BCUT2D eigenvalue weighted by Crippen LogP contribution is 2.36. The molecular weight excluding hydrogens is 352 g/mol. The minimum atomic E-state index is -1.65. The van der Waals surface area contributed by atoms with Gasteiger partial charge in [0.1, 0.15) is 6.33 Å². The van der Waals surface area contributed by atoms with Crippen molar-refractivity contribution in [3.8, 4) is 6.07 Å². The SMILES string of the molecule is CC(C)(C)[Si](C)(C)OCc1ccncn1.N#Cc1ccc2c(c1)CCCN2. The molecule has 2 aromatic rings. The normalized spacial score (nSPS) is 13.5. The lowest BCUT2D eigenvalue weighted by Crippen LogP contribution is -2.40. The maximum atomic E-state index is 8.67. The van der Waals surface area contributed by atoms with Crippen molar-refractivity contribution in [3.05, 3.63) is 53.6 Å². The van der Waals surface area contributed by atoms with Gasteiger partial charge in [0.05, 0.1) is 23.9 Å². The Morgan fingerprint density at radius 2 is 2.04 bits per heavy atom. The molecule has 0 unspecified atom stereocenters. The maximum absolute atomic E-state index is 8.67. The molecule has 1 aromatic carbocycles. The smallest absolute Gasteiger partial charge is 0.192 e. The van der Waals surface area contributed by atoms with Gasteiger partial charge in [-0.1, -0.05) is 20.8 Å². The van der Waals surface area contributed by atoms with Crippen LogP contribution in [0.25, 0.3) is 0 Å².